The summed E-state index contributed by atoms with van der Waals surface area (Å²) in [5.41, 5.74) is 1.93. The van der Waals surface area contributed by atoms with Crippen LogP contribution in [0.5, 0.6) is 0 Å². The number of hydrogen-bond acceptors (Lipinski definition) is 3. The molecule has 0 aliphatic carbocycles. The second-order valence-corrected chi connectivity index (χ2v) is 5.10. The highest BCUT2D eigenvalue weighted by atomic mass is 35.5. The maximum atomic E-state index is 5.87. The lowest BCUT2D eigenvalue weighted by atomic mass is 10.1. The molecule has 1 aromatic heterocycles. The smallest absolute Gasteiger partial charge is 0.181 e. The van der Waals surface area contributed by atoms with E-state index in [4.69, 9.17) is 16.0 Å². The molecule has 96 valence electrons. The summed E-state index contributed by atoms with van der Waals surface area (Å²) in [6.07, 6.45) is 1.48. The van der Waals surface area contributed by atoms with Crippen molar-refractivity contribution in [3.63, 3.8) is 0 Å². The van der Waals surface area contributed by atoms with E-state index in [9.17, 15) is 0 Å². The molecule has 0 spiro atoms. The third-order valence-corrected chi connectivity index (χ3v) is 2.84. The first-order chi connectivity index (χ1) is 8.66. The van der Waals surface area contributed by atoms with Crippen LogP contribution in [0.3, 0.4) is 0 Å². The van der Waals surface area contributed by atoms with Crippen molar-refractivity contribution in [2.75, 3.05) is 6.54 Å². The second-order valence-electron chi connectivity index (χ2n) is 4.66. The number of nitrogens with zero attached hydrogens (tertiary/aromatic N) is 1. The van der Waals surface area contributed by atoms with Crippen LogP contribution in [0.2, 0.25) is 5.02 Å². The van der Waals surface area contributed by atoms with Gasteiger partial charge in [-0.2, -0.15) is 0 Å². The van der Waals surface area contributed by atoms with Gasteiger partial charge in [0, 0.05) is 17.1 Å². The van der Waals surface area contributed by atoms with Crippen molar-refractivity contribution in [2.45, 2.75) is 20.4 Å². The molecule has 0 atom stereocenters. The van der Waals surface area contributed by atoms with Crippen molar-refractivity contribution in [1.82, 2.24) is 10.3 Å². The molecular weight excluding hydrogens is 248 g/mol. The Labute approximate surface area is 112 Å². The van der Waals surface area contributed by atoms with Crippen LogP contribution >= 0.6 is 11.6 Å². The Morgan fingerprint density at radius 1 is 1.28 bits per heavy atom. The fraction of sp³-hybridized carbons (Fsp3) is 0.357. The van der Waals surface area contributed by atoms with Crippen molar-refractivity contribution in [2.24, 2.45) is 5.92 Å². The Balaban J connectivity index is 2.10. The highest BCUT2D eigenvalue weighted by Crippen LogP contribution is 2.24. The van der Waals surface area contributed by atoms with E-state index >= 15 is 0 Å². The summed E-state index contributed by atoms with van der Waals surface area (Å²) in [7, 11) is 0. The summed E-state index contributed by atoms with van der Waals surface area (Å²) in [4.78, 5) is 4.25. The van der Waals surface area contributed by atoms with E-state index in [2.05, 4.69) is 24.1 Å². The molecule has 3 nitrogen and oxygen atoms in total. The van der Waals surface area contributed by atoms with Crippen LogP contribution in [0.1, 0.15) is 19.5 Å². The Hall–Kier alpha value is -1.32. The summed E-state index contributed by atoms with van der Waals surface area (Å²) in [6.45, 7) is 6.03. The van der Waals surface area contributed by atoms with Crippen LogP contribution in [0.4, 0.5) is 0 Å². The van der Waals surface area contributed by atoms with Crippen LogP contribution < -0.4 is 5.32 Å². The van der Waals surface area contributed by atoms with Gasteiger partial charge >= 0.3 is 0 Å². The van der Waals surface area contributed by atoms with Crippen molar-refractivity contribution in [3.05, 3.63) is 41.4 Å². The van der Waals surface area contributed by atoms with E-state index in [0.29, 0.717) is 12.5 Å². The number of benzene rings is 1. The predicted molar refractivity (Wildman–Crippen MR) is 73.5 cm³/mol. The molecule has 18 heavy (non-hydrogen) atoms. The predicted octanol–water partition coefficient (Wildman–Crippen LogP) is 3.74. The zero-order valence-corrected chi connectivity index (χ0v) is 11.4. The van der Waals surface area contributed by atoms with E-state index in [-0.39, 0.29) is 0 Å². The third kappa shape index (κ3) is 3.34. The summed E-state index contributed by atoms with van der Waals surface area (Å²) in [6, 6.07) is 7.58. The van der Waals surface area contributed by atoms with Gasteiger partial charge in [0.05, 0.1) is 0 Å². The topological polar surface area (TPSA) is 38.1 Å². The minimum absolute atomic E-state index is 0.621. The molecule has 0 saturated heterocycles. The van der Waals surface area contributed by atoms with Crippen LogP contribution in [-0.2, 0) is 6.54 Å². The number of hydrogen-bond donors (Lipinski definition) is 1. The largest absolute Gasteiger partial charge is 0.443 e. The summed E-state index contributed by atoms with van der Waals surface area (Å²) in [5.74, 6) is 1.43. The van der Waals surface area contributed by atoms with Gasteiger partial charge in [0.2, 0.25) is 0 Å². The average molecular weight is 265 g/mol. The van der Waals surface area contributed by atoms with Crippen LogP contribution in [0, 0.1) is 5.92 Å². The van der Waals surface area contributed by atoms with E-state index in [1.54, 1.807) is 0 Å². The zero-order chi connectivity index (χ0) is 13.0. The Morgan fingerprint density at radius 3 is 2.67 bits per heavy atom. The zero-order valence-electron chi connectivity index (χ0n) is 10.6. The second kappa shape index (κ2) is 6.03. The molecule has 1 heterocycles. The monoisotopic (exact) mass is 264 g/mol. The molecule has 2 rings (SSSR count). The third-order valence-electron chi connectivity index (χ3n) is 2.59. The van der Waals surface area contributed by atoms with Crippen molar-refractivity contribution < 1.29 is 4.42 Å². The van der Waals surface area contributed by atoms with Crippen molar-refractivity contribution in [1.29, 1.82) is 0 Å². The van der Waals surface area contributed by atoms with E-state index in [1.165, 1.54) is 6.39 Å². The maximum Gasteiger partial charge on any atom is 0.181 e. The average Bonchev–Trinajstić information content (AvgIpc) is 2.78. The Morgan fingerprint density at radius 2 is 2.00 bits per heavy atom. The van der Waals surface area contributed by atoms with Gasteiger partial charge in [-0.25, -0.2) is 4.98 Å². The fourth-order valence-corrected chi connectivity index (χ4v) is 1.84. The van der Waals surface area contributed by atoms with E-state index in [1.807, 2.05) is 24.3 Å². The van der Waals surface area contributed by atoms with Gasteiger partial charge in [-0.3, -0.25) is 0 Å². The molecule has 1 aromatic carbocycles. The quantitative estimate of drug-likeness (QED) is 0.894. The molecule has 0 fully saturated rings. The molecule has 0 bridgehead atoms. The molecule has 0 amide bonds. The maximum absolute atomic E-state index is 5.87. The van der Waals surface area contributed by atoms with E-state index < -0.39 is 0 Å². The first-order valence-corrected chi connectivity index (χ1v) is 6.43. The first-order valence-electron chi connectivity index (χ1n) is 6.06. The molecule has 0 saturated carbocycles. The van der Waals surface area contributed by atoms with Crippen LogP contribution in [-0.4, -0.2) is 11.5 Å². The summed E-state index contributed by atoms with van der Waals surface area (Å²) < 4.78 is 5.45. The van der Waals surface area contributed by atoms with Crippen LogP contribution in [0.25, 0.3) is 11.3 Å². The van der Waals surface area contributed by atoms with Gasteiger partial charge in [0.25, 0.3) is 0 Å². The van der Waals surface area contributed by atoms with Gasteiger partial charge in [0.1, 0.15) is 5.69 Å². The minimum atomic E-state index is 0.621. The van der Waals surface area contributed by atoms with Crippen LogP contribution in [0.15, 0.2) is 35.1 Å². The lowest BCUT2D eigenvalue weighted by Gasteiger charge is -2.06. The number of oxazole rings is 1. The van der Waals surface area contributed by atoms with Crippen molar-refractivity contribution >= 4 is 11.6 Å². The molecule has 0 unspecified atom stereocenters. The molecule has 0 aliphatic rings. The molecule has 0 aliphatic heterocycles. The van der Waals surface area contributed by atoms with Gasteiger partial charge < -0.3 is 9.73 Å². The molecule has 0 radical (unpaired) electrons. The highest BCUT2D eigenvalue weighted by Gasteiger charge is 2.10. The number of nitrogens with one attached hydrogen (secondary N) is 1. The summed E-state index contributed by atoms with van der Waals surface area (Å²) in [5, 5.41) is 4.08. The Bertz CT molecular complexity index is 491. The lowest BCUT2D eigenvalue weighted by molar-refractivity contribution is 0.545. The van der Waals surface area contributed by atoms with Crippen molar-refractivity contribution in [3.8, 4) is 11.3 Å². The molecular formula is C14H17ClN2O. The summed E-state index contributed by atoms with van der Waals surface area (Å²) >= 11 is 5.87. The standard InChI is InChI=1S/C14H17ClN2O/c1-10(2)7-16-8-13-14(18-9-17-13)11-3-5-12(15)6-4-11/h3-6,9-10,16H,7-8H2,1-2H3. The Kier molecular flexibility index (Phi) is 4.39. The first kappa shape index (κ1) is 13.1. The van der Waals surface area contributed by atoms with Gasteiger partial charge in [-0.1, -0.05) is 25.4 Å². The lowest BCUT2D eigenvalue weighted by Crippen LogP contribution is -2.19. The van der Waals surface area contributed by atoms with Gasteiger partial charge in [0.15, 0.2) is 12.2 Å². The SMILES string of the molecule is CC(C)CNCc1ncoc1-c1ccc(Cl)cc1. The number of rotatable bonds is 5. The number of aromatic nitrogens is 1. The van der Waals surface area contributed by atoms with Gasteiger partial charge in [-0.15, -0.1) is 0 Å². The molecule has 4 heteroatoms. The van der Waals surface area contributed by atoms with E-state index in [0.717, 1.165) is 28.6 Å². The number of halogens is 1. The fourth-order valence-electron chi connectivity index (χ4n) is 1.71. The molecule has 2 aromatic rings. The van der Waals surface area contributed by atoms with Gasteiger partial charge in [-0.05, 0) is 36.7 Å². The minimum Gasteiger partial charge on any atom is -0.443 e. The normalized spacial score (nSPS) is 11.1. The molecule has 1 N–H and O–H groups in total. The highest BCUT2D eigenvalue weighted by molar-refractivity contribution is 6.30.